The van der Waals surface area contributed by atoms with E-state index in [1.807, 2.05) is 47.0 Å². The number of hydrogen-bond donors (Lipinski definition) is 1. The number of aryl methyl sites for hydroxylation is 1. The average molecular weight is 381 g/mol. The van der Waals surface area contributed by atoms with Gasteiger partial charge >= 0.3 is 0 Å². The summed E-state index contributed by atoms with van der Waals surface area (Å²) in [4.78, 5) is 12.5. The molecule has 1 N–H and O–H groups in total. The number of amides is 1. The molecule has 3 aromatic rings. The molecule has 0 aliphatic carbocycles. The zero-order valence-electron chi connectivity index (χ0n) is 15.8. The molecule has 0 saturated heterocycles. The van der Waals surface area contributed by atoms with Crippen molar-refractivity contribution in [3.05, 3.63) is 66.0 Å². The van der Waals surface area contributed by atoms with E-state index >= 15 is 0 Å². The summed E-state index contributed by atoms with van der Waals surface area (Å²) in [7, 11) is 0. The Bertz CT molecular complexity index is 920. The number of benzene rings is 2. The highest BCUT2D eigenvalue weighted by Gasteiger charge is 2.13. The minimum absolute atomic E-state index is 0.0496. The second kappa shape index (κ2) is 8.86. The third-order valence-corrected chi connectivity index (χ3v) is 5.28. The fourth-order valence-electron chi connectivity index (χ4n) is 2.96. The largest absolute Gasteiger partial charge is 0.325 e. The predicted molar refractivity (Wildman–Crippen MR) is 111 cm³/mol. The first-order valence-corrected chi connectivity index (χ1v) is 10.1. The van der Waals surface area contributed by atoms with Crippen molar-refractivity contribution in [3.63, 3.8) is 0 Å². The first-order valence-electron chi connectivity index (χ1n) is 9.10. The van der Waals surface area contributed by atoms with Crippen LogP contribution in [-0.2, 0) is 11.2 Å². The Morgan fingerprint density at radius 1 is 1.15 bits per heavy atom. The molecule has 0 saturated carbocycles. The first-order chi connectivity index (χ1) is 13.1. The molecular formula is C21H24N4OS. The van der Waals surface area contributed by atoms with Gasteiger partial charge in [0.05, 0.1) is 11.4 Å². The SMILES string of the molecule is CCc1ccccc1-n1cnnc1SCC(=O)Nc1ccccc1C(C)C. The lowest BCUT2D eigenvalue weighted by atomic mass is 10.0. The number of carbonyl (C=O) groups excluding carboxylic acids is 1. The number of nitrogens with one attached hydrogen (secondary N) is 1. The van der Waals surface area contributed by atoms with Crippen LogP contribution in [0.2, 0.25) is 0 Å². The van der Waals surface area contributed by atoms with Gasteiger partial charge in [0, 0.05) is 5.69 Å². The van der Waals surface area contributed by atoms with Gasteiger partial charge in [-0.3, -0.25) is 9.36 Å². The van der Waals surface area contributed by atoms with E-state index in [4.69, 9.17) is 0 Å². The van der Waals surface area contributed by atoms with Crippen molar-refractivity contribution in [1.82, 2.24) is 14.8 Å². The molecule has 5 nitrogen and oxygen atoms in total. The van der Waals surface area contributed by atoms with Gasteiger partial charge in [0.25, 0.3) is 0 Å². The van der Waals surface area contributed by atoms with Gasteiger partial charge in [0.1, 0.15) is 6.33 Å². The van der Waals surface area contributed by atoms with Crippen molar-refractivity contribution in [2.45, 2.75) is 38.3 Å². The number of para-hydroxylation sites is 2. The molecule has 1 amide bonds. The molecule has 140 valence electrons. The number of thioether (sulfide) groups is 1. The first kappa shape index (κ1) is 19.2. The number of carbonyl (C=O) groups is 1. The van der Waals surface area contributed by atoms with Crippen molar-refractivity contribution in [1.29, 1.82) is 0 Å². The molecular weight excluding hydrogens is 356 g/mol. The maximum atomic E-state index is 12.5. The summed E-state index contributed by atoms with van der Waals surface area (Å²) in [5.41, 5.74) is 4.28. The molecule has 0 aliphatic rings. The smallest absolute Gasteiger partial charge is 0.234 e. The highest BCUT2D eigenvalue weighted by Crippen LogP contribution is 2.25. The molecule has 0 unspecified atom stereocenters. The number of hydrogen-bond acceptors (Lipinski definition) is 4. The molecule has 0 aliphatic heterocycles. The van der Waals surface area contributed by atoms with Gasteiger partial charge in [0.15, 0.2) is 5.16 Å². The minimum atomic E-state index is -0.0496. The van der Waals surface area contributed by atoms with Gasteiger partial charge < -0.3 is 5.32 Å². The maximum Gasteiger partial charge on any atom is 0.234 e. The minimum Gasteiger partial charge on any atom is -0.325 e. The molecule has 0 bridgehead atoms. The third-order valence-electron chi connectivity index (χ3n) is 4.34. The standard InChI is InChI=1S/C21H24N4OS/c1-4-16-9-5-8-12-19(16)25-14-22-24-21(25)27-13-20(26)23-18-11-7-6-10-17(18)15(2)3/h5-12,14-15H,4,13H2,1-3H3,(H,23,26). The average Bonchev–Trinajstić information content (AvgIpc) is 3.15. The second-order valence-electron chi connectivity index (χ2n) is 6.54. The Hall–Kier alpha value is -2.60. The van der Waals surface area contributed by atoms with E-state index < -0.39 is 0 Å². The van der Waals surface area contributed by atoms with E-state index in [2.05, 4.69) is 42.4 Å². The molecule has 0 radical (unpaired) electrons. The van der Waals surface area contributed by atoms with E-state index in [1.54, 1.807) is 6.33 Å². The number of anilines is 1. The van der Waals surface area contributed by atoms with Crippen molar-refractivity contribution in [3.8, 4) is 5.69 Å². The zero-order valence-corrected chi connectivity index (χ0v) is 16.7. The quantitative estimate of drug-likeness (QED) is 0.605. The lowest BCUT2D eigenvalue weighted by Gasteiger charge is -2.14. The maximum absolute atomic E-state index is 12.5. The van der Waals surface area contributed by atoms with Gasteiger partial charge in [-0.05, 0) is 35.6 Å². The van der Waals surface area contributed by atoms with Crippen LogP contribution >= 0.6 is 11.8 Å². The van der Waals surface area contributed by atoms with Crippen molar-refractivity contribution < 1.29 is 4.79 Å². The molecule has 1 aromatic heterocycles. The third kappa shape index (κ3) is 4.57. The molecule has 0 spiro atoms. The Balaban J connectivity index is 1.70. The molecule has 27 heavy (non-hydrogen) atoms. The Kier molecular flexibility index (Phi) is 6.29. The second-order valence-corrected chi connectivity index (χ2v) is 7.49. The summed E-state index contributed by atoms with van der Waals surface area (Å²) in [6.45, 7) is 6.36. The highest BCUT2D eigenvalue weighted by molar-refractivity contribution is 7.99. The topological polar surface area (TPSA) is 59.8 Å². The lowest BCUT2D eigenvalue weighted by molar-refractivity contribution is -0.113. The molecule has 6 heteroatoms. The zero-order chi connectivity index (χ0) is 19.2. The molecule has 3 rings (SSSR count). The predicted octanol–water partition coefficient (Wildman–Crippen LogP) is 4.68. The summed E-state index contributed by atoms with van der Waals surface area (Å²) in [6, 6.07) is 16.1. The monoisotopic (exact) mass is 380 g/mol. The fraction of sp³-hybridized carbons (Fsp3) is 0.286. The van der Waals surface area contributed by atoms with Crippen LogP contribution in [0, 0.1) is 0 Å². The van der Waals surface area contributed by atoms with Crippen LogP contribution in [0.15, 0.2) is 60.0 Å². The van der Waals surface area contributed by atoms with E-state index in [9.17, 15) is 4.79 Å². The number of nitrogens with zero attached hydrogens (tertiary/aromatic N) is 3. The molecule has 0 fully saturated rings. The van der Waals surface area contributed by atoms with Crippen LogP contribution in [0.4, 0.5) is 5.69 Å². The Morgan fingerprint density at radius 2 is 1.89 bits per heavy atom. The van der Waals surface area contributed by atoms with Gasteiger partial charge in [-0.1, -0.05) is 68.9 Å². The molecule has 1 heterocycles. The van der Waals surface area contributed by atoms with Gasteiger partial charge in [-0.2, -0.15) is 0 Å². The summed E-state index contributed by atoms with van der Waals surface area (Å²) >= 11 is 1.39. The molecule has 0 atom stereocenters. The van der Waals surface area contributed by atoms with Gasteiger partial charge in [0.2, 0.25) is 5.91 Å². The van der Waals surface area contributed by atoms with Gasteiger partial charge in [-0.15, -0.1) is 10.2 Å². The van der Waals surface area contributed by atoms with Crippen LogP contribution < -0.4 is 5.32 Å². The van der Waals surface area contributed by atoms with Crippen LogP contribution in [0.25, 0.3) is 5.69 Å². The van der Waals surface area contributed by atoms with E-state index in [-0.39, 0.29) is 11.7 Å². The van der Waals surface area contributed by atoms with E-state index in [1.165, 1.54) is 17.3 Å². The van der Waals surface area contributed by atoms with E-state index in [0.29, 0.717) is 11.1 Å². The summed E-state index contributed by atoms with van der Waals surface area (Å²) in [5, 5.41) is 12.0. The van der Waals surface area contributed by atoms with Crippen LogP contribution in [0.5, 0.6) is 0 Å². The van der Waals surface area contributed by atoms with Crippen molar-refractivity contribution in [2.24, 2.45) is 0 Å². The Labute approximate surface area is 164 Å². The normalized spacial score (nSPS) is 11.0. The van der Waals surface area contributed by atoms with Crippen LogP contribution in [0.1, 0.15) is 37.8 Å². The number of rotatable bonds is 7. The van der Waals surface area contributed by atoms with Crippen LogP contribution in [0.3, 0.4) is 0 Å². The summed E-state index contributed by atoms with van der Waals surface area (Å²) < 4.78 is 1.94. The lowest BCUT2D eigenvalue weighted by Crippen LogP contribution is -2.16. The van der Waals surface area contributed by atoms with Crippen molar-refractivity contribution >= 4 is 23.4 Å². The summed E-state index contributed by atoms with van der Waals surface area (Å²) in [6.07, 6.45) is 2.62. The van der Waals surface area contributed by atoms with E-state index in [0.717, 1.165) is 23.4 Å². The molecule has 2 aromatic carbocycles. The van der Waals surface area contributed by atoms with Gasteiger partial charge in [-0.25, -0.2) is 0 Å². The van der Waals surface area contributed by atoms with Crippen molar-refractivity contribution in [2.75, 3.05) is 11.1 Å². The highest BCUT2D eigenvalue weighted by atomic mass is 32.2. The summed E-state index contributed by atoms with van der Waals surface area (Å²) in [5.74, 6) is 0.577. The fourth-order valence-corrected chi connectivity index (χ4v) is 3.69. The number of aromatic nitrogens is 3. The Morgan fingerprint density at radius 3 is 2.67 bits per heavy atom. The van der Waals surface area contributed by atoms with Crippen LogP contribution in [-0.4, -0.2) is 26.4 Å².